The number of carbonyl (C=O) groups is 1. The van der Waals surface area contributed by atoms with Gasteiger partial charge in [-0.25, -0.2) is 0 Å². The lowest BCUT2D eigenvalue weighted by atomic mass is 10.1. The van der Waals surface area contributed by atoms with Crippen LogP contribution in [0.25, 0.3) is 0 Å². The Morgan fingerprint density at radius 1 is 1.04 bits per heavy atom. The minimum Gasteiger partial charge on any atom is -0.493 e. The van der Waals surface area contributed by atoms with E-state index in [1.54, 1.807) is 7.11 Å². The van der Waals surface area contributed by atoms with Crippen LogP contribution in [0.15, 0.2) is 42.5 Å². The SMILES string of the molecule is CCOc1ccccc1NC(=O)[C@@H](C)N(C)Cc1ccc(OCC)c(OC)c1. The molecule has 0 heterocycles. The van der Waals surface area contributed by atoms with Gasteiger partial charge in [-0.3, -0.25) is 9.69 Å². The molecular formula is C22H30N2O4. The van der Waals surface area contributed by atoms with E-state index < -0.39 is 0 Å². The lowest BCUT2D eigenvalue weighted by Gasteiger charge is -2.24. The maximum Gasteiger partial charge on any atom is 0.241 e. The summed E-state index contributed by atoms with van der Waals surface area (Å²) >= 11 is 0. The molecule has 0 fully saturated rings. The number of ether oxygens (including phenoxy) is 3. The van der Waals surface area contributed by atoms with Gasteiger partial charge in [-0.2, -0.15) is 0 Å². The van der Waals surface area contributed by atoms with Crippen LogP contribution in [0.1, 0.15) is 26.3 Å². The van der Waals surface area contributed by atoms with Crippen LogP contribution >= 0.6 is 0 Å². The van der Waals surface area contributed by atoms with E-state index in [1.165, 1.54) is 0 Å². The summed E-state index contributed by atoms with van der Waals surface area (Å²) in [6.45, 7) is 7.46. The monoisotopic (exact) mass is 386 g/mol. The Kier molecular flexibility index (Phi) is 8.14. The first-order valence-corrected chi connectivity index (χ1v) is 9.52. The molecule has 2 rings (SSSR count). The van der Waals surface area contributed by atoms with Crippen LogP contribution in [-0.2, 0) is 11.3 Å². The largest absolute Gasteiger partial charge is 0.493 e. The number of methoxy groups -OCH3 is 1. The van der Waals surface area contributed by atoms with Crippen molar-refractivity contribution in [3.8, 4) is 17.2 Å². The van der Waals surface area contributed by atoms with E-state index >= 15 is 0 Å². The number of rotatable bonds is 10. The first kappa shape index (κ1) is 21.6. The number of benzene rings is 2. The number of anilines is 1. The van der Waals surface area contributed by atoms with Crippen molar-refractivity contribution in [2.24, 2.45) is 0 Å². The van der Waals surface area contributed by atoms with E-state index in [0.717, 1.165) is 11.3 Å². The van der Waals surface area contributed by atoms with Crippen molar-refractivity contribution >= 4 is 11.6 Å². The number of nitrogens with zero attached hydrogens (tertiary/aromatic N) is 1. The number of likely N-dealkylation sites (N-methyl/N-ethyl adjacent to an activating group) is 1. The maximum atomic E-state index is 12.7. The van der Waals surface area contributed by atoms with Crippen molar-refractivity contribution in [2.45, 2.75) is 33.4 Å². The van der Waals surface area contributed by atoms with Crippen LogP contribution < -0.4 is 19.5 Å². The van der Waals surface area contributed by atoms with E-state index in [-0.39, 0.29) is 11.9 Å². The predicted octanol–water partition coefficient (Wildman–Crippen LogP) is 3.95. The smallest absolute Gasteiger partial charge is 0.241 e. The third-order valence-corrected chi connectivity index (χ3v) is 4.45. The fourth-order valence-electron chi connectivity index (χ4n) is 2.80. The molecule has 0 aliphatic carbocycles. The van der Waals surface area contributed by atoms with Crippen molar-refractivity contribution in [3.63, 3.8) is 0 Å². The molecule has 0 unspecified atom stereocenters. The van der Waals surface area contributed by atoms with Gasteiger partial charge >= 0.3 is 0 Å². The molecule has 0 spiro atoms. The Labute approximate surface area is 167 Å². The first-order chi connectivity index (χ1) is 13.5. The van der Waals surface area contributed by atoms with Crippen LogP contribution in [0, 0.1) is 0 Å². The average molecular weight is 386 g/mol. The second-order valence-corrected chi connectivity index (χ2v) is 6.43. The summed E-state index contributed by atoms with van der Waals surface area (Å²) in [6.07, 6.45) is 0. The molecular weight excluding hydrogens is 356 g/mol. The summed E-state index contributed by atoms with van der Waals surface area (Å²) in [5, 5.41) is 2.96. The van der Waals surface area contributed by atoms with Crippen molar-refractivity contribution in [3.05, 3.63) is 48.0 Å². The fraction of sp³-hybridized carbons (Fsp3) is 0.409. The molecule has 0 aliphatic heterocycles. The van der Waals surface area contributed by atoms with Gasteiger partial charge in [0.15, 0.2) is 11.5 Å². The molecule has 0 radical (unpaired) electrons. The molecule has 1 atom stereocenters. The molecule has 1 N–H and O–H groups in total. The quantitative estimate of drug-likeness (QED) is 0.670. The zero-order chi connectivity index (χ0) is 20.5. The molecule has 6 heteroatoms. The zero-order valence-corrected chi connectivity index (χ0v) is 17.3. The second kappa shape index (κ2) is 10.6. The Hall–Kier alpha value is -2.73. The molecule has 2 aromatic carbocycles. The van der Waals surface area contributed by atoms with Gasteiger partial charge in [0.05, 0.1) is 32.1 Å². The summed E-state index contributed by atoms with van der Waals surface area (Å²) in [7, 11) is 3.54. The maximum absolute atomic E-state index is 12.7. The lowest BCUT2D eigenvalue weighted by molar-refractivity contribution is -0.120. The summed E-state index contributed by atoms with van der Waals surface area (Å²) in [5.41, 5.74) is 1.72. The van der Waals surface area contributed by atoms with Gasteiger partial charge in [-0.1, -0.05) is 18.2 Å². The molecule has 0 bridgehead atoms. The van der Waals surface area contributed by atoms with E-state index in [9.17, 15) is 4.79 Å². The Morgan fingerprint density at radius 2 is 1.71 bits per heavy atom. The first-order valence-electron chi connectivity index (χ1n) is 9.52. The molecule has 0 aliphatic rings. The number of para-hydroxylation sites is 2. The molecule has 0 aromatic heterocycles. The van der Waals surface area contributed by atoms with Crippen molar-refractivity contribution in [1.82, 2.24) is 4.90 Å². The summed E-state index contributed by atoms with van der Waals surface area (Å²) < 4.78 is 16.5. The van der Waals surface area contributed by atoms with E-state index in [0.29, 0.717) is 36.9 Å². The van der Waals surface area contributed by atoms with Crippen LogP contribution in [0.4, 0.5) is 5.69 Å². The molecule has 152 valence electrons. The van der Waals surface area contributed by atoms with Crippen molar-refractivity contribution in [1.29, 1.82) is 0 Å². The lowest BCUT2D eigenvalue weighted by Crippen LogP contribution is -2.39. The topological polar surface area (TPSA) is 60.0 Å². The van der Waals surface area contributed by atoms with Crippen molar-refractivity contribution < 1.29 is 19.0 Å². The van der Waals surface area contributed by atoms with Gasteiger partial charge in [-0.05, 0) is 57.6 Å². The summed E-state index contributed by atoms with van der Waals surface area (Å²) in [4.78, 5) is 14.7. The van der Waals surface area contributed by atoms with Gasteiger partial charge in [0, 0.05) is 6.54 Å². The molecule has 1 amide bonds. The Bertz CT molecular complexity index is 779. The molecule has 2 aromatic rings. The second-order valence-electron chi connectivity index (χ2n) is 6.43. The van der Waals surface area contributed by atoms with Gasteiger partial charge in [-0.15, -0.1) is 0 Å². The number of hydrogen-bond acceptors (Lipinski definition) is 5. The molecule has 6 nitrogen and oxygen atoms in total. The van der Waals surface area contributed by atoms with Crippen LogP contribution in [0.5, 0.6) is 17.2 Å². The standard InChI is InChI=1S/C22H30N2O4/c1-6-27-19-11-9-8-10-18(19)23-22(25)16(3)24(4)15-17-12-13-20(28-7-2)21(14-17)26-5/h8-14,16H,6-7,15H2,1-5H3,(H,23,25)/t16-/m1/s1. The highest BCUT2D eigenvalue weighted by Gasteiger charge is 2.20. The van der Waals surface area contributed by atoms with Gasteiger partial charge in [0.25, 0.3) is 0 Å². The highest BCUT2D eigenvalue weighted by molar-refractivity contribution is 5.95. The van der Waals surface area contributed by atoms with Gasteiger partial charge < -0.3 is 19.5 Å². The minimum absolute atomic E-state index is 0.0902. The number of carbonyl (C=O) groups excluding carboxylic acids is 1. The van der Waals surface area contributed by atoms with E-state index in [4.69, 9.17) is 14.2 Å². The predicted molar refractivity (Wildman–Crippen MR) is 111 cm³/mol. The number of amides is 1. The minimum atomic E-state index is -0.327. The van der Waals surface area contributed by atoms with Crippen LogP contribution in [0.2, 0.25) is 0 Å². The number of hydrogen-bond donors (Lipinski definition) is 1. The van der Waals surface area contributed by atoms with E-state index in [2.05, 4.69) is 5.32 Å². The third kappa shape index (κ3) is 5.63. The van der Waals surface area contributed by atoms with Gasteiger partial charge in [0.2, 0.25) is 5.91 Å². The highest BCUT2D eigenvalue weighted by atomic mass is 16.5. The van der Waals surface area contributed by atoms with E-state index in [1.807, 2.05) is 75.2 Å². The highest BCUT2D eigenvalue weighted by Crippen LogP contribution is 2.29. The summed E-state index contributed by atoms with van der Waals surface area (Å²) in [6, 6.07) is 12.9. The molecule has 0 saturated carbocycles. The van der Waals surface area contributed by atoms with Gasteiger partial charge in [0.1, 0.15) is 5.75 Å². The normalized spacial score (nSPS) is 11.8. The fourth-order valence-corrected chi connectivity index (χ4v) is 2.80. The van der Waals surface area contributed by atoms with Crippen molar-refractivity contribution in [2.75, 3.05) is 32.7 Å². The summed E-state index contributed by atoms with van der Waals surface area (Å²) in [5.74, 6) is 1.99. The van der Waals surface area contributed by atoms with Crippen LogP contribution in [-0.4, -0.2) is 44.2 Å². The third-order valence-electron chi connectivity index (χ3n) is 4.45. The number of nitrogens with one attached hydrogen (secondary N) is 1. The molecule has 28 heavy (non-hydrogen) atoms. The Balaban J connectivity index is 2.04. The average Bonchev–Trinajstić information content (AvgIpc) is 2.70. The molecule has 0 saturated heterocycles. The Morgan fingerprint density at radius 3 is 2.39 bits per heavy atom. The van der Waals surface area contributed by atoms with Crippen LogP contribution in [0.3, 0.4) is 0 Å². The zero-order valence-electron chi connectivity index (χ0n) is 17.3.